The van der Waals surface area contributed by atoms with Crippen molar-refractivity contribution in [3.8, 4) is 11.7 Å². The molecule has 4 fully saturated rings. The number of fused-ring (bicyclic) bond motifs is 7. The topological polar surface area (TPSA) is 145 Å². The monoisotopic (exact) mass is 734 g/mol. The molecule has 5 aliphatic rings. The van der Waals surface area contributed by atoms with E-state index < -0.39 is 17.4 Å². The van der Waals surface area contributed by atoms with Crippen LogP contribution >= 0.6 is 11.6 Å². The summed E-state index contributed by atoms with van der Waals surface area (Å²) in [5.74, 6) is 1.82. The molecule has 0 amide bonds. The highest BCUT2D eigenvalue weighted by Gasteiger charge is 2.66. The molecule has 7 rings (SSSR count). The molecule has 0 radical (unpaired) electrons. The van der Waals surface area contributed by atoms with E-state index in [0.29, 0.717) is 53.3 Å². The van der Waals surface area contributed by atoms with Crippen molar-refractivity contribution in [2.24, 2.45) is 56.7 Å². The fourth-order valence-corrected chi connectivity index (χ4v) is 12.7. The lowest BCUT2D eigenvalue weighted by Crippen LogP contribution is -2.63. The number of allylic oxidation sites excluding steroid dienone is 2. The lowest BCUT2D eigenvalue weighted by molar-refractivity contribution is -0.213. The van der Waals surface area contributed by atoms with Crippen LogP contribution in [0.15, 0.2) is 28.0 Å². The summed E-state index contributed by atoms with van der Waals surface area (Å²) in [4.78, 5) is 47.3. The largest absolute Gasteiger partial charge is 0.481 e. The predicted molar refractivity (Wildman–Crippen MR) is 195 cm³/mol. The van der Waals surface area contributed by atoms with E-state index in [1.54, 1.807) is 13.8 Å². The Labute approximate surface area is 312 Å². The summed E-state index contributed by atoms with van der Waals surface area (Å²) in [5, 5.41) is 18.7. The first-order chi connectivity index (χ1) is 24.3. The van der Waals surface area contributed by atoms with Crippen LogP contribution in [0.2, 0.25) is 5.02 Å². The molecule has 11 heteroatoms. The third kappa shape index (κ3) is 5.84. The molecule has 8 atom stereocenters. The van der Waals surface area contributed by atoms with Crippen LogP contribution in [0.4, 0.5) is 0 Å². The van der Waals surface area contributed by atoms with Gasteiger partial charge in [-0.05, 0) is 111 Å². The lowest BCUT2D eigenvalue weighted by Gasteiger charge is -2.68. The Kier molecular flexibility index (Phi) is 9.10. The predicted octanol–water partition coefficient (Wildman–Crippen LogP) is 8.73. The fraction of sp³-hybridized carbons (Fsp3) is 0.732. The number of carbonyl (C=O) groups excluding carboxylic acids is 2. The lowest BCUT2D eigenvalue weighted by atomic mass is 9.36. The molecule has 0 saturated heterocycles. The van der Waals surface area contributed by atoms with Crippen LogP contribution in [0.1, 0.15) is 125 Å². The van der Waals surface area contributed by atoms with E-state index in [2.05, 4.69) is 61.7 Å². The molecule has 0 spiro atoms. The van der Waals surface area contributed by atoms with Gasteiger partial charge < -0.3 is 14.3 Å². The van der Waals surface area contributed by atoms with E-state index in [0.717, 1.165) is 56.9 Å². The molecule has 282 valence electrons. The highest BCUT2D eigenvalue weighted by molar-refractivity contribution is 6.30. The maximum Gasteiger partial charge on any atom is 0.309 e. The smallest absolute Gasteiger partial charge is 0.309 e. The molecule has 0 aromatic carbocycles. The number of ketones is 1. The van der Waals surface area contributed by atoms with Crippen molar-refractivity contribution in [3.05, 3.63) is 34.5 Å². The van der Waals surface area contributed by atoms with Gasteiger partial charge in [0.15, 0.2) is 5.78 Å². The maximum absolute atomic E-state index is 14.0. The van der Waals surface area contributed by atoms with E-state index in [1.165, 1.54) is 18.0 Å². The van der Waals surface area contributed by atoms with Gasteiger partial charge in [0.05, 0.1) is 16.9 Å². The van der Waals surface area contributed by atoms with Crippen LogP contribution in [0.25, 0.3) is 11.7 Å². The van der Waals surface area contributed by atoms with E-state index >= 15 is 0 Å². The van der Waals surface area contributed by atoms with Gasteiger partial charge in [0.1, 0.15) is 6.10 Å². The number of esters is 1. The first kappa shape index (κ1) is 37.2. The molecule has 1 N–H and O–H groups in total. The van der Waals surface area contributed by atoms with Crippen molar-refractivity contribution in [2.75, 3.05) is 0 Å². The number of aromatic nitrogens is 4. The third-order valence-electron chi connectivity index (χ3n) is 14.9. The van der Waals surface area contributed by atoms with Gasteiger partial charge in [-0.2, -0.15) is 0 Å². The minimum Gasteiger partial charge on any atom is -0.481 e. The SMILES string of the molecule is CC(C)C1=C2C3CC[C@H]4C(C)(CC[C@H]5C(C)(C)C(OC(=O)CC(C)(C)C(=O)O)CCC54C)C3CCC2(Cc2nnc(-c3ncc(Cl)cn3)o2)CC1=O. The molecule has 4 saturated carbocycles. The van der Waals surface area contributed by atoms with Gasteiger partial charge in [-0.3, -0.25) is 14.4 Å². The highest BCUT2D eigenvalue weighted by atomic mass is 35.5. The Morgan fingerprint density at radius 3 is 2.35 bits per heavy atom. The number of carboxylic acids is 1. The van der Waals surface area contributed by atoms with Crippen LogP contribution < -0.4 is 0 Å². The Hall–Kier alpha value is -3.14. The normalized spacial score (nSPS) is 35.4. The number of carboxylic acid groups (broad SMARTS) is 1. The number of Topliss-reactive ketones (excluding diaryl/α,β-unsaturated/α-hetero) is 1. The van der Waals surface area contributed by atoms with E-state index in [-0.39, 0.29) is 51.8 Å². The van der Waals surface area contributed by atoms with Gasteiger partial charge in [0.2, 0.25) is 11.7 Å². The number of hydrogen-bond acceptors (Lipinski definition) is 9. The summed E-state index contributed by atoms with van der Waals surface area (Å²) in [5.41, 5.74) is 0.889. The van der Waals surface area contributed by atoms with Gasteiger partial charge in [-0.15, -0.1) is 10.2 Å². The third-order valence-corrected chi connectivity index (χ3v) is 15.1. The molecule has 52 heavy (non-hydrogen) atoms. The van der Waals surface area contributed by atoms with E-state index in [4.69, 9.17) is 20.8 Å². The zero-order valence-electron chi connectivity index (χ0n) is 32.1. The van der Waals surface area contributed by atoms with Gasteiger partial charge in [0.25, 0.3) is 5.89 Å². The minimum absolute atomic E-state index is 0.0872. The Bertz CT molecular complexity index is 1800. The van der Waals surface area contributed by atoms with Gasteiger partial charge in [-0.1, -0.05) is 58.7 Å². The number of rotatable bonds is 8. The standard InChI is InChI=1S/C41H55ClN4O6/c1-22(2)32-26(47)17-41(18-30-45-46-35(52-30)34-43-20-23(42)21-44-34)16-11-25-24(33(32)41)9-10-28-39(25,7)14-12-27-38(5,6)29(13-15-40(27,28)8)51-31(48)19-37(3,4)36(49)50/h20-22,24-25,27-29H,9-19H2,1-8H3,(H,49,50)/t24?,25?,27-,28-,29?,39?,40?,41?/m0/s1. The maximum atomic E-state index is 14.0. The Balaban J connectivity index is 1.15. The summed E-state index contributed by atoms with van der Waals surface area (Å²) in [6.07, 6.45) is 11.8. The van der Waals surface area contributed by atoms with Gasteiger partial charge in [-0.25, -0.2) is 9.97 Å². The first-order valence-corrected chi connectivity index (χ1v) is 19.7. The zero-order valence-corrected chi connectivity index (χ0v) is 32.8. The van der Waals surface area contributed by atoms with Crippen molar-refractivity contribution in [1.29, 1.82) is 0 Å². The number of hydrogen-bond donors (Lipinski definition) is 1. The van der Waals surface area contributed by atoms with Crippen molar-refractivity contribution in [3.63, 3.8) is 0 Å². The molecule has 0 aliphatic heterocycles. The van der Waals surface area contributed by atoms with Crippen LogP contribution in [-0.2, 0) is 25.5 Å². The molecule has 5 aliphatic carbocycles. The molecule has 2 aromatic rings. The average molecular weight is 735 g/mol. The van der Waals surface area contributed by atoms with Crippen LogP contribution in [0.3, 0.4) is 0 Å². The number of halogens is 1. The fourth-order valence-electron chi connectivity index (χ4n) is 12.6. The summed E-state index contributed by atoms with van der Waals surface area (Å²) in [6.45, 7) is 17.1. The second-order valence-electron chi connectivity index (χ2n) is 19.0. The van der Waals surface area contributed by atoms with E-state index in [1.807, 2.05) is 0 Å². The number of ether oxygens (including phenoxy) is 1. The molecule has 6 unspecified atom stereocenters. The molecule has 2 aromatic heterocycles. The zero-order chi connectivity index (χ0) is 37.6. The highest BCUT2D eigenvalue weighted by Crippen LogP contribution is 2.73. The van der Waals surface area contributed by atoms with Crippen LogP contribution in [0.5, 0.6) is 0 Å². The van der Waals surface area contributed by atoms with E-state index in [9.17, 15) is 19.5 Å². The minimum atomic E-state index is -1.16. The Morgan fingerprint density at radius 1 is 0.981 bits per heavy atom. The Morgan fingerprint density at radius 2 is 1.67 bits per heavy atom. The van der Waals surface area contributed by atoms with Crippen molar-refractivity contribution >= 4 is 29.3 Å². The van der Waals surface area contributed by atoms with Crippen molar-refractivity contribution in [2.45, 2.75) is 132 Å². The summed E-state index contributed by atoms with van der Waals surface area (Å²) >= 11 is 6.00. The van der Waals surface area contributed by atoms with Crippen LogP contribution in [-0.4, -0.2) is 49.1 Å². The molecule has 0 bridgehead atoms. The second-order valence-corrected chi connectivity index (χ2v) is 19.4. The summed E-state index contributed by atoms with van der Waals surface area (Å²) in [7, 11) is 0. The molecular weight excluding hydrogens is 680 g/mol. The second kappa shape index (κ2) is 12.7. The first-order valence-electron chi connectivity index (χ1n) is 19.3. The molecular formula is C41H55ClN4O6. The van der Waals surface area contributed by atoms with Crippen LogP contribution in [0, 0.1) is 56.7 Å². The summed E-state index contributed by atoms with van der Waals surface area (Å²) in [6, 6.07) is 0. The molecule has 10 nitrogen and oxygen atoms in total. The number of carbonyl (C=O) groups is 3. The summed E-state index contributed by atoms with van der Waals surface area (Å²) < 4.78 is 12.3. The van der Waals surface area contributed by atoms with Gasteiger partial charge >= 0.3 is 11.9 Å². The van der Waals surface area contributed by atoms with Crippen molar-refractivity contribution < 1.29 is 28.6 Å². The van der Waals surface area contributed by atoms with Crippen molar-refractivity contribution in [1.82, 2.24) is 20.2 Å². The average Bonchev–Trinajstić information content (AvgIpc) is 3.63. The number of aliphatic carboxylic acids is 1. The number of nitrogens with zero attached hydrogens (tertiary/aromatic N) is 4. The van der Waals surface area contributed by atoms with Gasteiger partial charge in [0, 0.05) is 36.1 Å². The quantitative estimate of drug-likeness (QED) is 0.261. The molecule has 2 heterocycles.